The number of hydrogen-bond donors (Lipinski definition) is 10. The van der Waals surface area contributed by atoms with Crippen LogP contribution in [0.15, 0.2) is 143 Å². The maximum Gasteiger partial charge on any atom is 1.00 e. The summed E-state index contributed by atoms with van der Waals surface area (Å²) >= 11 is -3.11. The van der Waals surface area contributed by atoms with Gasteiger partial charge in [-0.25, -0.2) is 23.6 Å². The number of aryl methyl sites for hydroxylation is 2. The molecule has 1 aliphatic carbocycles. The smallest absolute Gasteiger partial charge is 0.784 e. The van der Waals surface area contributed by atoms with Gasteiger partial charge in [0, 0.05) is 35.6 Å². The van der Waals surface area contributed by atoms with E-state index in [0.29, 0.717) is 18.3 Å². The fourth-order valence-corrected chi connectivity index (χ4v) is 12.1. The number of nitrogens with one attached hydrogen (secondary N) is 1. The molecular formula is C71H114K2N12O15S2. The molecular weight excluding hydrogens is 1400 g/mol. The number of amidine groups is 1. The predicted molar refractivity (Wildman–Crippen MR) is 389 cm³/mol. The van der Waals surface area contributed by atoms with Crippen LogP contribution in [0.2, 0.25) is 0 Å². The van der Waals surface area contributed by atoms with Crippen molar-refractivity contribution < 1.29 is 175 Å². The molecule has 4 aliphatic rings. The minimum absolute atomic E-state index is 0. The van der Waals surface area contributed by atoms with Gasteiger partial charge in [0.2, 0.25) is 22.0 Å². The van der Waals surface area contributed by atoms with Crippen LogP contribution in [-0.2, 0) is 32.7 Å². The van der Waals surface area contributed by atoms with Gasteiger partial charge in [0.1, 0.15) is 16.9 Å². The average molecular weight is 1520 g/mol. The zero-order chi connectivity index (χ0) is 77.7. The van der Waals surface area contributed by atoms with Gasteiger partial charge in [0.05, 0.1) is 38.4 Å². The van der Waals surface area contributed by atoms with Gasteiger partial charge in [-0.1, -0.05) is 116 Å². The van der Waals surface area contributed by atoms with E-state index in [4.69, 9.17) is 47.5 Å². The van der Waals surface area contributed by atoms with Crippen LogP contribution in [0.4, 0.5) is 22.7 Å². The van der Waals surface area contributed by atoms with E-state index in [2.05, 4.69) is 44.8 Å². The molecule has 102 heavy (non-hydrogen) atoms. The minimum atomic E-state index is -4.84. The Labute approximate surface area is 694 Å². The number of nitrogens with two attached hydrogens (primary N) is 1. The van der Waals surface area contributed by atoms with E-state index in [1.54, 1.807) is 33.0 Å². The zero-order valence-electron chi connectivity index (χ0n) is 64.7. The molecule has 5 aromatic carbocycles. The molecule has 2 fully saturated rings. The second kappa shape index (κ2) is 42.9. The third kappa shape index (κ3) is 29.9. The van der Waals surface area contributed by atoms with Gasteiger partial charge < -0.3 is 40.2 Å². The van der Waals surface area contributed by atoms with Crippen molar-refractivity contribution >= 4 is 61.9 Å². The average Bonchev–Trinajstić information content (AvgIpc) is 1.59. The molecule has 11 N–H and O–H groups in total. The van der Waals surface area contributed by atoms with Crippen LogP contribution in [-0.4, -0.2) is 163 Å². The summed E-state index contributed by atoms with van der Waals surface area (Å²) in [7, 11) is -1.71. The molecule has 0 bridgehead atoms. The summed E-state index contributed by atoms with van der Waals surface area (Å²) in [6.45, 7) is 41.9. The number of anilines is 4. The molecule has 9 rings (SSSR count). The van der Waals surface area contributed by atoms with E-state index in [9.17, 15) is 36.5 Å². The number of fused-ring (bicyclic) bond motifs is 2. The molecule has 2 unspecified atom stereocenters. The van der Waals surface area contributed by atoms with Crippen molar-refractivity contribution in [3.05, 3.63) is 161 Å². The van der Waals surface area contributed by atoms with Crippen molar-refractivity contribution in [2.45, 2.75) is 222 Å². The summed E-state index contributed by atoms with van der Waals surface area (Å²) in [5.41, 5.74) is 11.8. The first-order valence-corrected chi connectivity index (χ1v) is 34.9. The predicted octanol–water partition coefficient (Wildman–Crippen LogP) is 8.18. The molecule has 31 heteroatoms. The second-order valence-corrected chi connectivity index (χ2v) is 30.9. The topological polar surface area (TPSA) is 400 Å². The van der Waals surface area contributed by atoms with Crippen molar-refractivity contribution in [3.8, 4) is 0 Å². The standard InChI is InChI=1S/C14H15NO.C12H23NO.C12H17NO.C12H11NO.C8H19N2O2.C8H19NO.C5H10N4O.2K.HNO4S.H2O3S/c1-11-3-7-13(8-4-11)15(16)14-9-5-12(2)6-10-14;2*1-11(2)9-7-5-6-8-10(9)12(3,4)13(11)14;14-13(11-7-3-1-4-8-11)12-9-5-2-6-10-12;1-6-7(9(4)11)8(2,3)10(5)12;1-7(2,3)9(10)8(4,5)6;1-5(2)3(6)8-4(7)9(5)10;;;2-1-6(3,4)5;1-4(2)3/h3-10,16H,1-2H3;9-10,14H,5-8H2,1-4H3;5-8,14H,1-4H3;1-10,14H;11-12H,6H2,1-5H3;10H,1-6H3;10H,1-2H3,(H3,6,7,8);;;(H,3,4,5);(H2,1,2,3)/q;;;;+1;;;2*+1;;/p-3/b;;;;9-7-;;;;;;. The molecule has 0 spiro atoms. The van der Waals surface area contributed by atoms with Crippen LogP contribution < -0.4 is 119 Å². The summed E-state index contributed by atoms with van der Waals surface area (Å²) in [5.74, 6) is 1.41. The number of hydrogen-bond acceptors (Lipinski definition) is 23. The summed E-state index contributed by atoms with van der Waals surface area (Å²) in [6.07, 6.45) is 5.96. The Balaban J connectivity index is 0. The van der Waals surface area contributed by atoms with Crippen LogP contribution in [0.25, 0.3) is 0 Å². The summed E-state index contributed by atoms with van der Waals surface area (Å²) in [5, 5.41) is 93.1. The number of benzene rings is 5. The zero-order valence-corrected chi connectivity index (χ0v) is 72.6. The van der Waals surface area contributed by atoms with Crippen molar-refractivity contribution in [2.75, 3.05) is 24.2 Å². The molecule has 3 aliphatic heterocycles. The van der Waals surface area contributed by atoms with Crippen molar-refractivity contribution in [1.82, 2.24) is 25.3 Å². The number of hydroxylamine groups is 11. The van der Waals surface area contributed by atoms with Crippen LogP contribution in [0.5, 0.6) is 0 Å². The summed E-state index contributed by atoms with van der Waals surface area (Å²) in [4.78, 5) is 12.3. The molecule has 3 heterocycles. The number of nitrogens with zero attached hydrogens (tertiary/aromatic N) is 10. The summed E-state index contributed by atoms with van der Waals surface area (Å²) in [6, 6.07) is 42.6. The Morgan fingerprint density at radius 2 is 0.922 bits per heavy atom. The van der Waals surface area contributed by atoms with E-state index >= 15 is 0 Å². The van der Waals surface area contributed by atoms with Gasteiger partial charge in [0.25, 0.3) is 0 Å². The van der Waals surface area contributed by atoms with Gasteiger partial charge >= 0.3 is 103 Å². The van der Waals surface area contributed by atoms with Crippen LogP contribution in [0.3, 0.4) is 0 Å². The van der Waals surface area contributed by atoms with Gasteiger partial charge in [0.15, 0.2) is 7.05 Å². The number of guanidine groups is 1. The van der Waals surface area contributed by atoms with Crippen LogP contribution >= 0.6 is 0 Å². The van der Waals surface area contributed by atoms with Crippen molar-refractivity contribution in [2.24, 2.45) is 27.1 Å². The third-order valence-electron chi connectivity index (χ3n) is 17.7. The molecule has 1 saturated heterocycles. The SMILES string of the molecule is CC(C)(C)N(O)C(C)(C)C.CC/C(=[N+](\C)O)C(C)(C)N(C)O.CC1(C)C(N)=NC(=N)N1O.CC1(C)C2CCCCC2C(C)(C)N1O.CC1(C)c2ccccc2C(C)(C)N1O.Cc1ccc(N(O)c2ccc(C)cc2)cc1.O=NS(=O)(=O)[O-].O=S([O-])[O-].ON(c1ccccc1)c1ccccc1.[K+].[K+]. The fourth-order valence-electron chi connectivity index (χ4n) is 12.1. The Hall–Kier alpha value is -3.48. The number of rotatable bonds is 8. The Bertz CT molecular complexity index is 3370. The third-order valence-corrected chi connectivity index (χ3v) is 17.9. The van der Waals surface area contributed by atoms with Crippen molar-refractivity contribution in [3.63, 3.8) is 0 Å². The van der Waals surface area contributed by atoms with E-state index in [1.807, 2.05) is 225 Å². The Morgan fingerprint density at radius 3 is 1.13 bits per heavy atom. The number of nitroso groups, excluding NO2 is 1. The molecule has 0 amide bonds. The van der Waals surface area contributed by atoms with Crippen LogP contribution in [0.1, 0.15) is 186 Å². The maximum absolute atomic E-state index is 10.2. The van der Waals surface area contributed by atoms with Crippen LogP contribution in [0, 0.1) is 36.0 Å². The quantitative estimate of drug-likeness (QED) is 0.0102. The molecule has 562 valence electrons. The number of para-hydroxylation sites is 2. The first-order chi connectivity index (χ1) is 45.5. The van der Waals surface area contributed by atoms with Gasteiger partial charge in [-0.3, -0.25) is 30.4 Å². The second-order valence-electron chi connectivity index (χ2n) is 29.5. The van der Waals surface area contributed by atoms with E-state index < -0.39 is 32.7 Å². The molecule has 0 aromatic heterocycles. The Morgan fingerprint density at radius 1 is 0.627 bits per heavy atom. The molecule has 27 nitrogen and oxygen atoms in total. The minimum Gasteiger partial charge on any atom is -0.784 e. The van der Waals surface area contributed by atoms with Gasteiger partial charge in [-0.15, -0.1) is 16.3 Å². The normalized spacial score (nSPS) is 18.2. The van der Waals surface area contributed by atoms with E-state index in [0.717, 1.165) is 43.3 Å². The van der Waals surface area contributed by atoms with Crippen molar-refractivity contribution in [1.29, 1.82) is 5.41 Å². The molecule has 1 saturated carbocycles. The summed E-state index contributed by atoms with van der Waals surface area (Å²) < 4.78 is 54.5. The maximum atomic E-state index is 10.2. The van der Waals surface area contributed by atoms with E-state index in [-0.39, 0.29) is 148 Å². The first kappa shape index (κ1) is 101. The fraction of sp³-hybridized carbons (Fsp3) is 0.535. The molecule has 0 radical (unpaired) electrons. The van der Waals surface area contributed by atoms with Gasteiger partial charge in [-0.2, -0.15) is 25.2 Å². The monoisotopic (exact) mass is 1520 g/mol. The van der Waals surface area contributed by atoms with E-state index in [1.165, 1.54) is 72.8 Å². The Kier molecular flexibility index (Phi) is 42.3. The largest absolute Gasteiger partial charge is 1.00 e. The van der Waals surface area contributed by atoms with Gasteiger partial charge in [-0.05, 0) is 228 Å². The molecule has 5 aromatic rings. The first-order valence-electron chi connectivity index (χ1n) is 32.6. The molecule has 2 atom stereocenters. The number of aliphatic imine (C=N–C) groups is 1.